The molecule has 0 bridgehead atoms. The van der Waals surface area contributed by atoms with Crippen LogP contribution in [-0.4, -0.2) is 36.8 Å². The number of benzene rings is 2. The largest absolute Gasteiger partial charge is 0.493 e. The number of hydrogen-bond donors (Lipinski definition) is 2. The van der Waals surface area contributed by atoms with Gasteiger partial charge in [0.05, 0.1) is 18.4 Å². The Kier molecular flexibility index (Phi) is 6.85. The van der Waals surface area contributed by atoms with Gasteiger partial charge in [0, 0.05) is 6.08 Å². The van der Waals surface area contributed by atoms with E-state index in [0.29, 0.717) is 6.08 Å². The van der Waals surface area contributed by atoms with Gasteiger partial charge in [0.2, 0.25) is 0 Å². The van der Waals surface area contributed by atoms with Crippen molar-refractivity contribution >= 4 is 17.7 Å². The van der Waals surface area contributed by atoms with Crippen LogP contribution in [0.3, 0.4) is 0 Å². The summed E-state index contributed by atoms with van der Waals surface area (Å²) in [6.07, 6.45) is -7.55. The second-order valence-electron chi connectivity index (χ2n) is 5.81. The molecule has 2 N–H and O–H groups in total. The highest BCUT2D eigenvalue weighted by Crippen LogP contribution is 2.35. The van der Waals surface area contributed by atoms with E-state index in [1.54, 1.807) is 5.32 Å². The van der Waals surface area contributed by atoms with Gasteiger partial charge in [-0.3, -0.25) is 0 Å². The number of methoxy groups -OCH3 is 1. The van der Waals surface area contributed by atoms with Gasteiger partial charge in [0.25, 0.3) is 0 Å². The summed E-state index contributed by atoms with van der Waals surface area (Å²) >= 11 is 0. The van der Waals surface area contributed by atoms with E-state index in [-0.39, 0.29) is 22.6 Å². The van der Waals surface area contributed by atoms with Gasteiger partial charge in [0.1, 0.15) is 0 Å². The Morgan fingerprint density at radius 3 is 2.37 bits per heavy atom. The lowest BCUT2D eigenvalue weighted by Crippen LogP contribution is -2.33. The van der Waals surface area contributed by atoms with E-state index < -0.39 is 30.3 Å². The number of rotatable bonds is 9. The van der Waals surface area contributed by atoms with Crippen molar-refractivity contribution < 1.29 is 45.7 Å². The summed E-state index contributed by atoms with van der Waals surface area (Å²) < 4.78 is 87.7. The third kappa shape index (κ3) is 5.82. The fraction of sp³-hybridized carbons (Fsp3) is 0.211. The number of alkyl halides is 6. The van der Waals surface area contributed by atoms with Gasteiger partial charge < -0.3 is 19.9 Å². The van der Waals surface area contributed by atoms with E-state index in [2.05, 4.69) is 4.74 Å². The molecule has 0 saturated carbocycles. The lowest BCUT2D eigenvalue weighted by Gasteiger charge is -2.19. The van der Waals surface area contributed by atoms with E-state index in [1.807, 2.05) is 0 Å². The van der Waals surface area contributed by atoms with Crippen LogP contribution in [0.2, 0.25) is 0 Å². The summed E-state index contributed by atoms with van der Waals surface area (Å²) in [5.41, 5.74) is -0.642. The molecule has 0 unspecified atom stereocenters. The van der Waals surface area contributed by atoms with Gasteiger partial charge in [-0.15, -0.1) is 0 Å². The first kappa shape index (κ1) is 22.9. The molecule has 0 amide bonds. The monoisotopic (exact) mass is 435 g/mol. The van der Waals surface area contributed by atoms with Crippen molar-refractivity contribution in [1.82, 2.24) is 0 Å². The van der Waals surface area contributed by atoms with Gasteiger partial charge in [-0.2, -0.15) is 26.3 Å². The fourth-order valence-electron chi connectivity index (χ4n) is 2.26. The van der Waals surface area contributed by atoms with Crippen LogP contribution < -0.4 is 14.8 Å². The maximum atomic E-state index is 14.2. The number of anilines is 1. The molecule has 11 heteroatoms. The smallest absolute Gasteiger partial charge is 0.461 e. The second-order valence-corrected chi connectivity index (χ2v) is 5.81. The quantitative estimate of drug-likeness (QED) is 0.411. The molecule has 0 aromatic heterocycles. The SMILES string of the molecule is COc1cc(/C=C/C(F)(F)Nc2ccccc2C(=O)O)ccc1OC(F)(F)C(F)F. The number of carboxylic acid groups (broad SMARTS) is 1. The van der Waals surface area contributed by atoms with Crippen LogP contribution in [0, 0.1) is 0 Å². The Hall–Kier alpha value is -3.37. The molecular formula is C19H15F6NO4. The predicted molar refractivity (Wildman–Crippen MR) is 95.6 cm³/mol. The molecule has 0 aliphatic heterocycles. The molecule has 0 aliphatic carbocycles. The highest BCUT2D eigenvalue weighted by molar-refractivity contribution is 5.94. The first-order valence-corrected chi connectivity index (χ1v) is 8.16. The standard InChI is InChI=1S/C19H15F6NO4/c1-29-15-10-11(6-7-14(15)30-19(24,25)17(20)21)8-9-18(22,23)26-13-5-3-2-4-12(13)16(27)28/h2-10,17,26H,1H3,(H,27,28)/b9-8+. The molecule has 0 saturated heterocycles. The molecule has 0 atom stereocenters. The highest BCUT2D eigenvalue weighted by Gasteiger charge is 2.44. The molecule has 2 aromatic carbocycles. The molecule has 5 nitrogen and oxygen atoms in total. The number of ether oxygens (including phenoxy) is 2. The topological polar surface area (TPSA) is 67.8 Å². The first-order chi connectivity index (χ1) is 13.9. The molecule has 162 valence electrons. The van der Waals surface area contributed by atoms with Crippen molar-refractivity contribution in [3.8, 4) is 11.5 Å². The molecule has 0 radical (unpaired) electrons. The van der Waals surface area contributed by atoms with Crippen molar-refractivity contribution in [3.05, 3.63) is 59.7 Å². The molecule has 0 spiro atoms. The van der Waals surface area contributed by atoms with E-state index >= 15 is 0 Å². The van der Waals surface area contributed by atoms with Crippen LogP contribution >= 0.6 is 0 Å². The fourth-order valence-corrected chi connectivity index (χ4v) is 2.26. The maximum Gasteiger partial charge on any atom is 0.461 e. The van der Waals surface area contributed by atoms with E-state index in [0.717, 1.165) is 43.5 Å². The summed E-state index contributed by atoms with van der Waals surface area (Å²) in [5, 5.41) is 10.8. The van der Waals surface area contributed by atoms with Gasteiger partial charge in [-0.05, 0) is 29.8 Å². The predicted octanol–water partition coefficient (Wildman–Crippen LogP) is 5.35. The zero-order chi connectivity index (χ0) is 22.5. The van der Waals surface area contributed by atoms with Crippen molar-refractivity contribution in [2.45, 2.75) is 18.6 Å². The summed E-state index contributed by atoms with van der Waals surface area (Å²) in [5.74, 6) is -2.50. The third-order valence-corrected chi connectivity index (χ3v) is 3.63. The van der Waals surface area contributed by atoms with Crippen LogP contribution in [0.5, 0.6) is 11.5 Å². The Bertz CT molecular complexity index is 933. The van der Waals surface area contributed by atoms with Gasteiger partial charge in [-0.1, -0.05) is 24.3 Å². The molecule has 2 aromatic rings. The van der Waals surface area contributed by atoms with Gasteiger partial charge in [0.15, 0.2) is 11.5 Å². The number of aromatic carboxylic acids is 1. The lowest BCUT2D eigenvalue weighted by molar-refractivity contribution is -0.253. The Morgan fingerprint density at radius 2 is 1.77 bits per heavy atom. The van der Waals surface area contributed by atoms with Crippen LogP contribution in [0.15, 0.2) is 48.5 Å². The molecule has 0 heterocycles. The molecule has 30 heavy (non-hydrogen) atoms. The van der Waals surface area contributed by atoms with Gasteiger partial charge >= 0.3 is 24.5 Å². The normalized spacial score (nSPS) is 12.3. The third-order valence-electron chi connectivity index (χ3n) is 3.63. The minimum absolute atomic E-state index is 0.0487. The van der Waals surface area contributed by atoms with Crippen LogP contribution in [0.1, 0.15) is 15.9 Å². The van der Waals surface area contributed by atoms with Crippen LogP contribution in [-0.2, 0) is 0 Å². The number of nitrogens with one attached hydrogen (secondary N) is 1. The summed E-state index contributed by atoms with van der Waals surface area (Å²) in [6.45, 7) is 0. The molecular weight excluding hydrogens is 420 g/mol. The number of carboxylic acids is 1. The van der Waals surface area contributed by atoms with E-state index in [1.165, 1.54) is 12.1 Å². The summed E-state index contributed by atoms with van der Waals surface area (Å²) in [4.78, 5) is 11.1. The highest BCUT2D eigenvalue weighted by atomic mass is 19.3. The zero-order valence-corrected chi connectivity index (χ0v) is 15.2. The second kappa shape index (κ2) is 8.97. The number of halogens is 6. The van der Waals surface area contributed by atoms with E-state index in [4.69, 9.17) is 9.84 Å². The van der Waals surface area contributed by atoms with Crippen molar-refractivity contribution in [3.63, 3.8) is 0 Å². The van der Waals surface area contributed by atoms with Gasteiger partial charge in [-0.25, -0.2) is 4.79 Å². The van der Waals surface area contributed by atoms with E-state index in [9.17, 15) is 31.1 Å². The summed E-state index contributed by atoms with van der Waals surface area (Å²) in [6, 6.07) is 4.30. The van der Waals surface area contributed by atoms with Crippen LogP contribution in [0.4, 0.5) is 32.0 Å². The van der Waals surface area contributed by atoms with Crippen molar-refractivity contribution in [1.29, 1.82) is 0 Å². The molecule has 2 rings (SSSR count). The molecule has 0 aliphatic rings. The molecule has 0 fully saturated rings. The average molecular weight is 435 g/mol. The minimum atomic E-state index is -4.76. The Balaban J connectivity index is 2.21. The summed E-state index contributed by atoms with van der Waals surface area (Å²) in [7, 11) is 1.05. The lowest BCUT2D eigenvalue weighted by atomic mass is 10.1. The minimum Gasteiger partial charge on any atom is -0.493 e. The average Bonchev–Trinajstić information content (AvgIpc) is 2.66. The first-order valence-electron chi connectivity index (χ1n) is 8.16. The Morgan fingerprint density at radius 1 is 1.10 bits per heavy atom. The zero-order valence-electron chi connectivity index (χ0n) is 15.2. The number of hydrogen-bond acceptors (Lipinski definition) is 4. The van der Waals surface area contributed by atoms with Crippen molar-refractivity contribution in [2.24, 2.45) is 0 Å². The number of para-hydroxylation sites is 1. The van der Waals surface area contributed by atoms with Crippen molar-refractivity contribution in [2.75, 3.05) is 12.4 Å². The maximum absolute atomic E-state index is 14.2. The van der Waals surface area contributed by atoms with Crippen LogP contribution in [0.25, 0.3) is 6.08 Å². The number of carbonyl (C=O) groups is 1. The Labute approximate surface area is 166 Å².